The van der Waals surface area contributed by atoms with Gasteiger partial charge in [0.1, 0.15) is 17.1 Å². The predicted molar refractivity (Wildman–Crippen MR) is 85.8 cm³/mol. The highest BCUT2D eigenvalue weighted by Crippen LogP contribution is 2.34. The van der Waals surface area contributed by atoms with Crippen LogP contribution >= 0.6 is 11.8 Å². The summed E-state index contributed by atoms with van der Waals surface area (Å²) >= 11 is 1.50. The summed E-state index contributed by atoms with van der Waals surface area (Å²) in [5, 5.41) is 9.48. The lowest BCUT2D eigenvalue weighted by Crippen LogP contribution is -2.03. The molecule has 4 heteroatoms. The van der Waals surface area contributed by atoms with Crippen LogP contribution < -0.4 is 4.74 Å². The van der Waals surface area contributed by atoms with Crippen molar-refractivity contribution in [2.24, 2.45) is 0 Å². The van der Waals surface area contributed by atoms with Crippen LogP contribution in [0.2, 0.25) is 0 Å². The molecule has 0 aliphatic rings. The van der Waals surface area contributed by atoms with Crippen LogP contribution in [-0.2, 0) is 0 Å². The molecule has 3 nitrogen and oxygen atoms in total. The van der Waals surface area contributed by atoms with Gasteiger partial charge in [-0.25, -0.2) is 4.79 Å². The van der Waals surface area contributed by atoms with E-state index in [-0.39, 0.29) is 5.56 Å². The fraction of sp³-hybridized carbons (Fsp3) is 0.235. The van der Waals surface area contributed by atoms with Gasteiger partial charge in [-0.15, -0.1) is 11.8 Å². The van der Waals surface area contributed by atoms with Gasteiger partial charge in [0, 0.05) is 4.90 Å². The van der Waals surface area contributed by atoms with E-state index in [9.17, 15) is 9.90 Å². The van der Waals surface area contributed by atoms with Crippen molar-refractivity contribution in [2.75, 3.05) is 5.75 Å². The number of carbonyl (C=O) groups is 1. The van der Waals surface area contributed by atoms with Gasteiger partial charge in [-0.3, -0.25) is 0 Å². The van der Waals surface area contributed by atoms with E-state index in [4.69, 9.17) is 4.74 Å². The zero-order chi connectivity index (χ0) is 15.4. The van der Waals surface area contributed by atoms with Crippen molar-refractivity contribution in [3.05, 3.63) is 53.1 Å². The molecule has 21 heavy (non-hydrogen) atoms. The molecule has 2 rings (SSSR count). The van der Waals surface area contributed by atoms with E-state index >= 15 is 0 Å². The maximum Gasteiger partial charge on any atom is 0.340 e. The minimum atomic E-state index is -0.966. The highest BCUT2D eigenvalue weighted by molar-refractivity contribution is 7.99. The van der Waals surface area contributed by atoms with E-state index in [0.29, 0.717) is 11.5 Å². The quantitative estimate of drug-likeness (QED) is 0.797. The van der Waals surface area contributed by atoms with Gasteiger partial charge in [-0.05, 0) is 48.9 Å². The van der Waals surface area contributed by atoms with E-state index < -0.39 is 5.97 Å². The number of thioether (sulfide) groups is 1. The third kappa shape index (κ3) is 3.39. The molecule has 0 aromatic heterocycles. The Bertz CT molecular complexity index is 665. The summed E-state index contributed by atoms with van der Waals surface area (Å²) in [4.78, 5) is 12.3. The zero-order valence-corrected chi connectivity index (χ0v) is 13.2. The number of benzene rings is 2. The Labute approximate surface area is 129 Å². The molecular formula is C17H18O3S. The molecule has 0 atom stereocenters. The molecule has 0 fully saturated rings. The first kappa shape index (κ1) is 15.4. The number of carboxylic acid groups (broad SMARTS) is 1. The molecule has 0 heterocycles. The van der Waals surface area contributed by atoms with Gasteiger partial charge < -0.3 is 9.84 Å². The number of carboxylic acids is 1. The van der Waals surface area contributed by atoms with Crippen molar-refractivity contribution >= 4 is 17.7 Å². The first-order valence-corrected chi connectivity index (χ1v) is 7.76. The lowest BCUT2D eigenvalue weighted by atomic mass is 10.1. The Morgan fingerprint density at radius 1 is 1.14 bits per heavy atom. The highest BCUT2D eigenvalue weighted by Gasteiger charge is 2.18. The van der Waals surface area contributed by atoms with E-state index in [2.05, 4.69) is 0 Å². The van der Waals surface area contributed by atoms with Crippen molar-refractivity contribution in [3.63, 3.8) is 0 Å². The molecule has 0 saturated heterocycles. The van der Waals surface area contributed by atoms with Crippen LogP contribution in [-0.4, -0.2) is 16.8 Å². The van der Waals surface area contributed by atoms with Crippen LogP contribution in [0.25, 0.3) is 0 Å². The summed E-state index contributed by atoms with van der Waals surface area (Å²) in [7, 11) is 0. The standard InChI is InChI=1S/C17H18O3S/c1-4-21-15-10-6-9-14(16(15)17(18)19)20-13-8-5-7-11(2)12(13)3/h5-10H,4H2,1-3H3,(H,18,19). The first-order chi connectivity index (χ1) is 10.0. The average Bonchev–Trinajstić information content (AvgIpc) is 2.44. The van der Waals surface area contributed by atoms with Gasteiger partial charge in [-0.2, -0.15) is 0 Å². The van der Waals surface area contributed by atoms with Crippen molar-refractivity contribution in [1.29, 1.82) is 0 Å². The van der Waals surface area contributed by atoms with Crippen LogP contribution in [0.1, 0.15) is 28.4 Å². The molecule has 0 aliphatic heterocycles. The van der Waals surface area contributed by atoms with Crippen LogP contribution in [0.4, 0.5) is 0 Å². The van der Waals surface area contributed by atoms with Gasteiger partial charge in [0.2, 0.25) is 0 Å². The topological polar surface area (TPSA) is 46.5 Å². The zero-order valence-electron chi connectivity index (χ0n) is 12.3. The average molecular weight is 302 g/mol. The second kappa shape index (κ2) is 6.68. The molecule has 0 radical (unpaired) electrons. The van der Waals surface area contributed by atoms with Crippen molar-refractivity contribution in [3.8, 4) is 11.5 Å². The van der Waals surface area contributed by atoms with Crippen LogP contribution in [0.15, 0.2) is 41.3 Å². The summed E-state index contributed by atoms with van der Waals surface area (Å²) in [6, 6.07) is 11.1. The summed E-state index contributed by atoms with van der Waals surface area (Å²) in [5.74, 6) is 0.922. The summed E-state index contributed by atoms with van der Waals surface area (Å²) in [6.07, 6.45) is 0. The Kier molecular flexibility index (Phi) is 4.91. The SMILES string of the molecule is CCSc1cccc(Oc2cccc(C)c2C)c1C(=O)O. The van der Waals surface area contributed by atoms with Gasteiger partial charge in [0.25, 0.3) is 0 Å². The van der Waals surface area contributed by atoms with Crippen LogP contribution in [0.3, 0.4) is 0 Å². The van der Waals surface area contributed by atoms with Crippen molar-refractivity contribution < 1.29 is 14.6 Å². The molecule has 0 saturated carbocycles. The lowest BCUT2D eigenvalue weighted by Gasteiger charge is -2.14. The van der Waals surface area contributed by atoms with Crippen molar-refractivity contribution in [2.45, 2.75) is 25.7 Å². The molecule has 0 amide bonds. The molecule has 0 bridgehead atoms. The third-order valence-electron chi connectivity index (χ3n) is 3.28. The Hall–Kier alpha value is -1.94. The van der Waals surface area contributed by atoms with E-state index in [1.54, 1.807) is 6.07 Å². The Morgan fingerprint density at radius 3 is 2.48 bits per heavy atom. The van der Waals surface area contributed by atoms with Crippen LogP contribution in [0, 0.1) is 13.8 Å². The molecule has 0 spiro atoms. The number of aryl methyl sites for hydroxylation is 1. The summed E-state index contributed by atoms with van der Waals surface area (Å²) in [6.45, 7) is 5.97. The van der Waals surface area contributed by atoms with E-state index in [0.717, 1.165) is 21.8 Å². The smallest absolute Gasteiger partial charge is 0.340 e. The number of ether oxygens (including phenoxy) is 1. The molecule has 2 aromatic rings. The lowest BCUT2D eigenvalue weighted by molar-refractivity contribution is 0.0690. The number of hydrogen-bond donors (Lipinski definition) is 1. The maximum absolute atomic E-state index is 11.6. The normalized spacial score (nSPS) is 10.4. The summed E-state index contributed by atoms with van der Waals surface area (Å²) in [5.41, 5.74) is 2.36. The van der Waals surface area contributed by atoms with Gasteiger partial charge in [0.05, 0.1) is 0 Å². The molecule has 2 aromatic carbocycles. The second-order valence-corrected chi connectivity index (χ2v) is 5.97. The molecule has 0 unspecified atom stereocenters. The predicted octanol–water partition coefficient (Wildman–Crippen LogP) is 4.91. The van der Waals surface area contributed by atoms with Gasteiger partial charge in [0.15, 0.2) is 0 Å². The fourth-order valence-electron chi connectivity index (χ4n) is 2.04. The number of rotatable bonds is 5. The van der Waals surface area contributed by atoms with E-state index in [1.165, 1.54) is 11.8 Å². The second-order valence-electron chi connectivity index (χ2n) is 4.67. The third-order valence-corrected chi connectivity index (χ3v) is 4.22. The minimum absolute atomic E-state index is 0.227. The minimum Gasteiger partial charge on any atom is -0.478 e. The Morgan fingerprint density at radius 2 is 1.81 bits per heavy atom. The highest BCUT2D eigenvalue weighted by atomic mass is 32.2. The largest absolute Gasteiger partial charge is 0.478 e. The monoisotopic (exact) mass is 302 g/mol. The molecular weight excluding hydrogens is 284 g/mol. The van der Waals surface area contributed by atoms with Crippen molar-refractivity contribution in [1.82, 2.24) is 0 Å². The Balaban J connectivity index is 2.46. The first-order valence-electron chi connectivity index (χ1n) is 6.77. The molecule has 110 valence electrons. The van der Waals surface area contributed by atoms with E-state index in [1.807, 2.05) is 51.1 Å². The number of hydrogen-bond acceptors (Lipinski definition) is 3. The molecule has 1 N–H and O–H groups in total. The number of aromatic carboxylic acids is 1. The fourth-order valence-corrected chi connectivity index (χ4v) is 2.85. The summed E-state index contributed by atoms with van der Waals surface area (Å²) < 4.78 is 5.88. The van der Waals surface area contributed by atoms with Crippen LogP contribution in [0.5, 0.6) is 11.5 Å². The molecule has 0 aliphatic carbocycles. The van der Waals surface area contributed by atoms with Gasteiger partial charge in [-0.1, -0.05) is 25.1 Å². The van der Waals surface area contributed by atoms with Gasteiger partial charge >= 0.3 is 5.97 Å². The maximum atomic E-state index is 11.6.